The first kappa shape index (κ1) is 15.4. The quantitative estimate of drug-likeness (QED) is 0.460. The molecule has 0 heteroatoms. The van der Waals surface area contributed by atoms with E-state index >= 15 is 0 Å². The minimum Gasteiger partial charge on any atom is -0.0836 e. The largest absolute Gasteiger partial charge is 0.0836 e. The van der Waals surface area contributed by atoms with Crippen LogP contribution in [-0.4, -0.2) is 0 Å². The molecule has 0 fully saturated rings. The molecule has 0 aromatic heterocycles. The van der Waals surface area contributed by atoms with Crippen molar-refractivity contribution in [1.29, 1.82) is 0 Å². The fraction of sp³-hybridized carbons (Fsp3) is 0.154. The van der Waals surface area contributed by atoms with Gasteiger partial charge in [0.15, 0.2) is 0 Å². The zero-order valence-corrected chi connectivity index (χ0v) is 14.9. The molecule has 0 unspecified atom stereocenters. The van der Waals surface area contributed by atoms with E-state index in [0.717, 1.165) is 12.8 Å². The molecule has 0 amide bonds. The summed E-state index contributed by atoms with van der Waals surface area (Å²) in [6.07, 6.45) is 11.7. The molecular weight excluding hydrogens is 312 g/mol. The fourth-order valence-corrected chi connectivity index (χ4v) is 4.39. The van der Waals surface area contributed by atoms with Crippen molar-refractivity contribution in [3.63, 3.8) is 0 Å². The molecule has 0 heterocycles. The summed E-state index contributed by atoms with van der Waals surface area (Å²) in [7, 11) is 0. The van der Waals surface area contributed by atoms with Crippen molar-refractivity contribution >= 4 is 16.3 Å². The SMILES string of the molecule is C1=CC2=CCCC(c3cccc(-c4cccc5ccccc45)c3)=C2CC1. The number of hydrogen-bond acceptors (Lipinski definition) is 0. The Morgan fingerprint density at radius 1 is 0.654 bits per heavy atom. The van der Waals surface area contributed by atoms with Crippen LogP contribution < -0.4 is 0 Å². The van der Waals surface area contributed by atoms with E-state index in [2.05, 4.69) is 85.0 Å². The Labute approximate surface area is 155 Å². The van der Waals surface area contributed by atoms with E-state index in [-0.39, 0.29) is 0 Å². The summed E-state index contributed by atoms with van der Waals surface area (Å²) in [5.41, 5.74) is 8.60. The number of allylic oxidation sites excluding steroid dienone is 6. The molecule has 0 radical (unpaired) electrons. The van der Waals surface area contributed by atoms with Gasteiger partial charge in [0.05, 0.1) is 0 Å². The molecule has 2 aliphatic carbocycles. The molecule has 5 rings (SSSR count). The lowest BCUT2D eigenvalue weighted by atomic mass is 9.81. The molecule has 0 N–H and O–H groups in total. The van der Waals surface area contributed by atoms with Crippen molar-refractivity contribution in [2.24, 2.45) is 0 Å². The summed E-state index contributed by atoms with van der Waals surface area (Å²) < 4.78 is 0. The monoisotopic (exact) mass is 334 g/mol. The smallest absolute Gasteiger partial charge is 0.0105 e. The summed E-state index contributed by atoms with van der Waals surface area (Å²) in [4.78, 5) is 0. The van der Waals surface area contributed by atoms with E-state index in [4.69, 9.17) is 0 Å². The highest BCUT2D eigenvalue weighted by molar-refractivity contribution is 5.97. The van der Waals surface area contributed by atoms with Crippen molar-refractivity contribution in [1.82, 2.24) is 0 Å². The van der Waals surface area contributed by atoms with Gasteiger partial charge in [-0.25, -0.2) is 0 Å². The van der Waals surface area contributed by atoms with Gasteiger partial charge in [0.1, 0.15) is 0 Å². The number of benzene rings is 3. The third kappa shape index (κ3) is 2.63. The van der Waals surface area contributed by atoms with E-state index in [1.54, 1.807) is 11.1 Å². The predicted molar refractivity (Wildman–Crippen MR) is 112 cm³/mol. The average Bonchev–Trinajstić information content (AvgIpc) is 2.73. The van der Waals surface area contributed by atoms with Gasteiger partial charge in [0.2, 0.25) is 0 Å². The highest BCUT2D eigenvalue weighted by atomic mass is 14.2. The van der Waals surface area contributed by atoms with E-state index < -0.39 is 0 Å². The molecule has 2 aliphatic rings. The van der Waals surface area contributed by atoms with Gasteiger partial charge in [-0.05, 0) is 75.9 Å². The number of fused-ring (bicyclic) bond motifs is 2. The molecule has 0 nitrogen and oxygen atoms in total. The van der Waals surface area contributed by atoms with Crippen LogP contribution in [0, 0.1) is 0 Å². The van der Waals surface area contributed by atoms with Crippen LogP contribution in [-0.2, 0) is 0 Å². The van der Waals surface area contributed by atoms with Crippen LogP contribution in [0.25, 0.3) is 27.5 Å². The Hall–Kier alpha value is -2.86. The fourth-order valence-electron chi connectivity index (χ4n) is 4.39. The van der Waals surface area contributed by atoms with Gasteiger partial charge in [-0.1, -0.05) is 78.9 Å². The van der Waals surface area contributed by atoms with E-state index in [1.807, 2.05) is 0 Å². The topological polar surface area (TPSA) is 0 Å². The van der Waals surface area contributed by atoms with Gasteiger partial charge in [-0.2, -0.15) is 0 Å². The second kappa shape index (κ2) is 6.46. The third-order valence-corrected chi connectivity index (χ3v) is 5.64. The van der Waals surface area contributed by atoms with Gasteiger partial charge in [-0.15, -0.1) is 0 Å². The molecule has 0 saturated heterocycles. The van der Waals surface area contributed by atoms with Crippen molar-refractivity contribution in [2.75, 3.05) is 0 Å². The predicted octanol–water partition coefficient (Wildman–Crippen LogP) is 7.33. The lowest BCUT2D eigenvalue weighted by molar-refractivity contribution is 0.918. The van der Waals surface area contributed by atoms with Crippen molar-refractivity contribution in [2.45, 2.75) is 25.7 Å². The van der Waals surface area contributed by atoms with E-state index in [0.29, 0.717) is 0 Å². The zero-order valence-electron chi connectivity index (χ0n) is 14.9. The molecule has 0 saturated carbocycles. The van der Waals surface area contributed by atoms with Crippen LogP contribution in [0.5, 0.6) is 0 Å². The Bertz CT molecular complexity index is 1070. The lowest BCUT2D eigenvalue weighted by Crippen LogP contribution is -2.03. The Morgan fingerprint density at radius 2 is 1.46 bits per heavy atom. The van der Waals surface area contributed by atoms with Crippen molar-refractivity contribution < 1.29 is 0 Å². The van der Waals surface area contributed by atoms with Crippen molar-refractivity contribution in [3.05, 3.63) is 102 Å². The summed E-state index contributed by atoms with van der Waals surface area (Å²) in [6.45, 7) is 0. The number of rotatable bonds is 2. The number of hydrogen-bond donors (Lipinski definition) is 0. The molecule has 26 heavy (non-hydrogen) atoms. The van der Waals surface area contributed by atoms with Crippen LogP contribution >= 0.6 is 0 Å². The van der Waals surface area contributed by atoms with Crippen LogP contribution in [0.15, 0.2) is 96.1 Å². The highest BCUT2D eigenvalue weighted by Crippen LogP contribution is 2.39. The van der Waals surface area contributed by atoms with Crippen LogP contribution in [0.2, 0.25) is 0 Å². The molecule has 126 valence electrons. The second-order valence-corrected chi connectivity index (χ2v) is 7.20. The van der Waals surface area contributed by atoms with Gasteiger partial charge in [0, 0.05) is 0 Å². The molecule has 0 aliphatic heterocycles. The van der Waals surface area contributed by atoms with E-state index in [1.165, 1.54) is 45.9 Å². The first-order valence-corrected chi connectivity index (χ1v) is 9.58. The van der Waals surface area contributed by atoms with Gasteiger partial charge < -0.3 is 0 Å². The molecular formula is C26H22. The Kier molecular flexibility index (Phi) is 3.83. The summed E-state index contributed by atoms with van der Waals surface area (Å²) in [6, 6.07) is 24.4. The minimum absolute atomic E-state index is 1.15. The maximum absolute atomic E-state index is 2.41. The van der Waals surface area contributed by atoms with Crippen LogP contribution in [0.1, 0.15) is 31.2 Å². The molecule has 3 aromatic rings. The van der Waals surface area contributed by atoms with Gasteiger partial charge in [0.25, 0.3) is 0 Å². The Morgan fingerprint density at radius 3 is 2.46 bits per heavy atom. The first-order chi connectivity index (χ1) is 12.9. The third-order valence-electron chi connectivity index (χ3n) is 5.64. The van der Waals surface area contributed by atoms with Gasteiger partial charge >= 0.3 is 0 Å². The first-order valence-electron chi connectivity index (χ1n) is 9.58. The maximum atomic E-state index is 2.41. The Balaban J connectivity index is 1.65. The minimum atomic E-state index is 1.15. The van der Waals surface area contributed by atoms with Crippen molar-refractivity contribution in [3.8, 4) is 11.1 Å². The van der Waals surface area contributed by atoms with Gasteiger partial charge in [-0.3, -0.25) is 0 Å². The van der Waals surface area contributed by atoms with Crippen LogP contribution in [0.3, 0.4) is 0 Å². The average molecular weight is 334 g/mol. The molecule has 0 bridgehead atoms. The zero-order chi connectivity index (χ0) is 17.3. The standard InChI is InChI=1S/C26H22/c1-3-14-23-19(8-1)10-6-16-25(23)21-12-5-13-22(18-21)26-17-7-11-20-9-2-4-15-24(20)26/h1-3,5-6,8-14,16,18H,4,7,15,17H2. The normalized spacial score (nSPS) is 16.5. The van der Waals surface area contributed by atoms with E-state index in [9.17, 15) is 0 Å². The summed E-state index contributed by atoms with van der Waals surface area (Å²) in [5, 5.41) is 2.63. The second-order valence-electron chi connectivity index (χ2n) is 7.20. The molecule has 3 aromatic carbocycles. The maximum Gasteiger partial charge on any atom is -0.0105 e. The highest BCUT2D eigenvalue weighted by Gasteiger charge is 2.18. The molecule has 0 atom stereocenters. The molecule has 0 spiro atoms. The lowest BCUT2D eigenvalue weighted by Gasteiger charge is -2.23. The summed E-state index contributed by atoms with van der Waals surface area (Å²) >= 11 is 0. The summed E-state index contributed by atoms with van der Waals surface area (Å²) in [5.74, 6) is 0. The van der Waals surface area contributed by atoms with Crippen LogP contribution in [0.4, 0.5) is 0 Å².